The molecule has 0 radical (unpaired) electrons. The molecule has 24 heavy (non-hydrogen) atoms. The number of ether oxygens (including phenoxy) is 3. The van der Waals surface area contributed by atoms with Gasteiger partial charge in [0.1, 0.15) is 0 Å². The second kappa shape index (κ2) is 6.49. The summed E-state index contributed by atoms with van der Waals surface area (Å²) in [6.45, 7) is 0. The van der Waals surface area contributed by atoms with Crippen LogP contribution in [0.2, 0.25) is 0 Å². The van der Waals surface area contributed by atoms with Crippen molar-refractivity contribution in [1.82, 2.24) is 9.97 Å². The molecule has 1 aromatic heterocycles. The minimum Gasteiger partial charge on any atom is -0.493 e. The first-order chi connectivity index (χ1) is 11.7. The Labute approximate surface area is 138 Å². The summed E-state index contributed by atoms with van der Waals surface area (Å²) >= 11 is 0. The molecule has 3 aromatic rings. The third-order valence-corrected chi connectivity index (χ3v) is 3.57. The van der Waals surface area contributed by atoms with Gasteiger partial charge in [-0.2, -0.15) is 0 Å². The summed E-state index contributed by atoms with van der Waals surface area (Å²) in [6, 6.07) is 10.8. The molecular formula is C17H17N3O4. The SMILES string of the molecule is COc1ccc(C(=O)Nc2nc3ccccc3[nH]2)c(OC)c1OC. The van der Waals surface area contributed by atoms with Crippen LogP contribution in [0.25, 0.3) is 11.0 Å². The van der Waals surface area contributed by atoms with Crippen molar-refractivity contribution in [3.05, 3.63) is 42.0 Å². The Morgan fingerprint density at radius 1 is 1.00 bits per heavy atom. The van der Waals surface area contributed by atoms with E-state index in [4.69, 9.17) is 14.2 Å². The van der Waals surface area contributed by atoms with Crippen molar-refractivity contribution < 1.29 is 19.0 Å². The Morgan fingerprint density at radius 3 is 2.42 bits per heavy atom. The molecule has 0 saturated heterocycles. The highest BCUT2D eigenvalue weighted by atomic mass is 16.5. The number of anilines is 1. The minimum absolute atomic E-state index is 0.297. The van der Waals surface area contributed by atoms with E-state index < -0.39 is 0 Å². The summed E-state index contributed by atoms with van der Waals surface area (Å²) in [7, 11) is 4.47. The van der Waals surface area contributed by atoms with Gasteiger partial charge in [-0.05, 0) is 24.3 Å². The third kappa shape index (κ3) is 2.71. The number of rotatable bonds is 5. The van der Waals surface area contributed by atoms with Crippen LogP contribution in [-0.2, 0) is 0 Å². The number of aromatic amines is 1. The van der Waals surface area contributed by atoms with E-state index in [9.17, 15) is 4.79 Å². The molecule has 3 rings (SSSR count). The molecule has 0 aliphatic rings. The van der Waals surface area contributed by atoms with E-state index in [0.717, 1.165) is 11.0 Å². The van der Waals surface area contributed by atoms with Crippen LogP contribution in [0, 0.1) is 0 Å². The topological polar surface area (TPSA) is 85.5 Å². The van der Waals surface area contributed by atoms with E-state index in [1.165, 1.54) is 21.3 Å². The van der Waals surface area contributed by atoms with Crippen molar-refractivity contribution in [1.29, 1.82) is 0 Å². The number of H-pyrrole nitrogens is 1. The van der Waals surface area contributed by atoms with E-state index in [0.29, 0.717) is 28.8 Å². The van der Waals surface area contributed by atoms with E-state index in [2.05, 4.69) is 15.3 Å². The van der Waals surface area contributed by atoms with Gasteiger partial charge in [0.05, 0.1) is 37.9 Å². The predicted molar refractivity (Wildman–Crippen MR) is 90.1 cm³/mol. The molecule has 1 amide bonds. The quantitative estimate of drug-likeness (QED) is 0.752. The average molecular weight is 327 g/mol. The van der Waals surface area contributed by atoms with Gasteiger partial charge >= 0.3 is 0 Å². The molecule has 0 bridgehead atoms. The second-order valence-corrected chi connectivity index (χ2v) is 4.94. The van der Waals surface area contributed by atoms with Crippen molar-refractivity contribution in [2.24, 2.45) is 0 Å². The fraction of sp³-hybridized carbons (Fsp3) is 0.176. The monoisotopic (exact) mass is 327 g/mol. The number of imidazole rings is 1. The smallest absolute Gasteiger partial charge is 0.261 e. The summed E-state index contributed by atoms with van der Waals surface area (Å²) in [6.07, 6.45) is 0. The van der Waals surface area contributed by atoms with Gasteiger partial charge in [-0.15, -0.1) is 0 Å². The number of carbonyl (C=O) groups excluding carboxylic acids is 1. The first kappa shape index (κ1) is 15.7. The van der Waals surface area contributed by atoms with E-state index in [1.54, 1.807) is 12.1 Å². The highest BCUT2D eigenvalue weighted by Gasteiger charge is 2.21. The van der Waals surface area contributed by atoms with E-state index in [-0.39, 0.29) is 5.91 Å². The van der Waals surface area contributed by atoms with Gasteiger partial charge in [0, 0.05) is 0 Å². The highest BCUT2D eigenvalue weighted by Crippen LogP contribution is 2.39. The fourth-order valence-corrected chi connectivity index (χ4v) is 2.47. The van der Waals surface area contributed by atoms with Crippen molar-refractivity contribution in [3.63, 3.8) is 0 Å². The van der Waals surface area contributed by atoms with Crippen molar-refractivity contribution in [3.8, 4) is 17.2 Å². The summed E-state index contributed by atoms with van der Waals surface area (Å²) in [5, 5.41) is 2.73. The second-order valence-electron chi connectivity index (χ2n) is 4.94. The lowest BCUT2D eigenvalue weighted by atomic mass is 10.1. The van der Waals surface area contributed by atoms with Gasteiger partial charge in [0.2, 0.25) is 11.7 Å². The number of aromatic nitrogens is 2. The maximum Gasteiger partial charge on any atom is 0.261 e. The van der Waals surface area contributed by atoms with Crippen LogP contribution in [0.5, 0.6) is 17.2 Å². The maximum atomic E-state index is 12.6. The van der Waals surface area contributed by atoms with Gasteiger partial charge in [0.25, 0.3) is 5.91 Å². The van der Waals surface area contributed by atoms with Crippen LogP contribution in [0.15, 0.2) is 36.4 Å². The maximum absolute atomic E-state index is 12.6. The van der Waals surface area contributed by atoms with Gasteiger partial charge in [-0.1, -0.05) is 12.1 Å². The summed E-state index contributed by atoms with van der Waals surface area (Å²) in [5.74, 6) is 1.13. The van der Waals surface area contributed by atoms with Crippen LogP contribution in [-0.4, -0.2) is 37.2 Å². The molecule has 0 atom stereocenters. The molecule has 0 unspecified atom stereocenters. The van der Waals surface area contributed by atoms with Gasteiger partial charge in [0.15, 0.2) is 11.5 Å². The molecule has 124 valence electrons. The first-order valence-electron chi connectivity index (χ1n) is 7.23. The largest absolute Gasteiger partial charge is 0.493 e. The normalized spacial score (nSPS) is 10.5. The Morgan fingerprint density at radius 2 is 1.75 bits per heavy atom. The van der Waals surface area contributed by atoms with Gasteiger partial charge < -0.3 is 19.2 Å². The van der Waals surface area contributed by atoms with Crippen LogP contribution in [0.4, 0.5) is 5.95 Å². The number of hydrogen-bond acceptors (Lipinski definition) is 5. The van der Waals surface area contributed by atoms with Crippen LogP contribution in [0.1, 0.15) is 10.4 Å². The summed E-state index contributed by atoms with van der Waals surface area (Å²) in [4.78, 5) is 20.0. The molecule has 7 heteroatoms. The average Bonchev–Trinajstić information content (AvgIpc) is 3.02. The summed E-state index contributed by atoms with van der Waals surface area (Å²) < 4.78 is 15.8. The lowest BCUT2D eigenvalue weighted by molar-refractivity contribution is 0.102. The third-order valence-electron chi connectivity index (χ3n) is 3.57. The number of nitrogens with one attached hydrogen (secondary N) is 2. The minimum atomic E-state index is -0.369. The lowest BCUT2D eigenvalue weighted by Gasteiger charge is -2.15. The molecular weight excluding hydrogens is 310 g/mol. The van der Waals surface area contributed by atoms with E-state index in [1.807, 2.05) is 24.3 Å². The Hall–Kier alpha value is -3.22. The summed E-state index contributed by atoms with van der Waals surface area (Å²) in [5.41, 5.74) is 1.93. The molecule has 0 saturated carbocycles. The first-order valence-corrected chi connectivity index (χ1v) is 7.23. The number of fused-ring (bicyclic) bond motifs is 1. The zero-order valence-electron chi connectivity index (χ0n) is 13.5. The molecule has 2 aromatic carbocycles. The predicted octanol–water partition coefficient (Wildman–Crippen LogP) is 2.84. The molecule has 2 N–H and O–H groups in total. The lowest BCUT2D eigenvalue weighted by Crippen LogP contribution is -2.14. The van der Waals surface area contributed by atoms with Gasteiger partial charge in [-0.25, -0.2) is 4.98 Å². The Kier molecular flexibility index (Phi) is 4.24. The molecule has 0 spiro atoms. The molecule has 0 aliphatic heterocycles. The molecule has 7 nitrogen and oxygen atoms in total. The van der Waals surface area contributed by atoms with Gasteiger partial charge in [-0.3, -0.25) is 10.1 Å². The number of benzene rings is 2. The zero-order valence-corrected chi connectivity index (χ0v) is 13.5. The van der Waals surface area contributed by atoms with Crippen LogP contribution in [0.3, 0.4) is 0 Å². The van der Waals surface area contributed by atoms with E-state index >= 15 is 0 Å². The Balaban J connectivity index is 1.94. The van der Waals surface area contributed by atoms with Crippen molar-refractivity contribution in [2.75, 3.05) is 26.6 Å². The molecule has 0 aliphatic carbocycles. The number of hydrogen-bond donors (Lipinski definition) is 2. The molecule has 1 heterocycles. The number of methoxy groups -OCH3 is 3. The number of nitrogens with zero attached hydrogens (tertiary/aromatic N) is 1. The molecule has 0 fully saturated rings. The highest BCUT2D eigenvalue weighted by molar-refractivity contribution is 6.06. The number of amides is 1. The van der Waals surface area contributed by atoms with Crippen molar-refractivity contribution in [2.45, 2.75) is 0 Å². The van der Waals surface area contributed by atoms with Crippen LogP contribution < -0.4 is 19.5 Å². The van der Waals surface area contributed by atoms with Crippen molar-refractivity contribution >= 4 is 22.9 Å². The standard InChI is InChI=1S/C17H17N3O4/c1-22-13-9-8-10(14(23-2)15(13)24-3)16(21)20-17-18-11-6-4-5-7-12(11)19-17/h4-9H,1-3H3,(H2,18,19,20,21). The Bertz CT molecular complexity index is 856. The van der Waals surface area contributed by atoms with Crippen LogP contribution >= 0.6 is 0 Å². The fourth-order valence-electron chi connectivity index (χ4n) is 2.47. The number of carbonyl (C=O) groups is 1. The zero-order chi connectivity index (χ0) is 17.1. The number of para-hydroxylation sites is 2.